The Hall–Kier alpha value is -0.870. The number of aryl methyl sites for hydroxylation is 1. The molecule has 0 aromatic carbocycles. The van der Waals surface area contributed by atoms with Crippen LogP contribution in [0.25, 0.3) is 0 Å². The lowest BCUT2D eigenvalue weighted by Gasteiger charge is -2.20. The second kappa shape index (κ2) is 6.01. The molecule has 2 atom stereocenters. The van der Waals surface area contributed by atoms with Gasteiger partial charge in [-0.25, -0.2) is 0 Å². The predicted molar refractivity (Wildman–Crippen MR) is 67.4 cm³/mol. The third-order valence-corrected chi connectivity index (χ3v) is 2.77. The summed E-state index contributed by atoms with van der Waals surface area (Å²) in [5.41, 5.74) is 1.25. The number of rotatable bonds is 6. The highest BCUT2D eigenvalue weighted by Crippen LogP contribution is 2.11. The van der Waals surface area contributed by atoms with Crippen molar-refractivity contribution in [2.45, 2.75) is 32.4 Å². The van der Waals surface area contributed by atoms with Crippen LogP contribution >= 0.6 is 0 Å². The molecule has 1 heterocycles. The fraction of sp³-hybridized carbons (Fsp3) is 0.750. The number of nitrogens with zero attached hydrogens (tertiary/aromatic N) is 3. The molecule has 0 saturated heterocycles. The lowest BCUT2D eigenvalue weighted by atomic mass is 10.1. The Morgan fingerprint density at radius 3 is 2.62 bits per heavy atom. The second-order valence-electron chi connectivity index (χ2n) is 4.83. The van der Waals surface area contributed by atoms with Gasteiger partial charge in [0.25, 0.3) is 0 Å². The second-order valence-corrected chi connectivity index (χ2v) is 4.83. The van der Waals surface area contributed by atoms with Gasteiger partial charge in [0.2, 0.25) is 0 Å². The van der Waals surface area contributed by atoms with Gasteiger partial charge in [-0.1, -0.05) is 0 Å². The molecular weight excluding hydrogens is 200 g/mol. The van der Waals surface area contributed by atoms with E-state index in [4.69, 9.17) is 0 Å². The van der Waals surface area contributed by atoms with Crippen LogP contribution in [0.2, 0.25) is 0 Å². The molecule has 4 heteroatoms. The molecule has 0 bridgehead atoms. The summed E-state index contributed by atoms with van der Waals surface area (Å²) in [6.45, 7) is 5.54. The largest absolute Gasteiger partial charge is 0.309 e. The minimum Gasteiger partial charge on any atom is -0.309 e. The van der Waals surface area contributed by atoms with E-state index in [0.717, 1.165) is 13.0 Å². The first kappa shape index (κ1) is 13.2. The lowest BCUT2D eigenvalue weighted by Crippen LogP contribution is -2.31. The molecule has 0 saturated carbocycles. The zero-order valence-electron chi connectivity index (χ0n) is 11.1. The summed E-state index contributed by atoms with van der Waals surface area (Å²) in [5.74, 6) is 0. The van der Waals surface area contributed by atoms with Gasteiger partial charge >= 0.3 is 0 Å². The summed E-state index contributed by atoms with van der Waals surface area (Å²) < 4.78 is 1.85. The molecule has 0 aliphatic carbocycles. The Morgan fingerprint density at radius 2 is 2.12 bits per heavy atom. The van der Waals surface area contributed by atoms with Gasteiger partial charge in [-0.15, -0.1) is 0 Å². The van der Waals surface area contributed by atoms with E-state index >= 15 is 0 Å². The maximum Gasteiger partial charge on any atom is 0.0537 e. The average Bonchev–Trinajstić information content (AvgIpc) is 2.62. The van der Waals surface area contributed by atoms with Crippen molar-refractivity contribution in [3.63, 3.8) is 0 Å². The number of aromatic nitrogens is 2. The van der Waals surface area contributed by atoms with E-state index in [9.17, 15) is 0 Å². The third kappa shape index (κ3) is 4.33. The van der Waals surface area contributed by atoms with Crippen molar-refractivity contribution in [3.05, 3.63) is 18.0 Å². The van der Waals surface area contributed by atoms with E-state index in [1.54, 1.807) is 0 Å². The van der Waals surface area contributed by atoms with Gasteiger partial charge < -0.3 is 10.2 Å². The molecule has 16 heavy (non-hydrogen) atoms. The van der Waals surface area contributed by atoms with Crippen molar-refractivity contribution in [3.8, 4) is 0 Å². The normalized spacial score (nSPS) is 15.4. The standard InChI is InChI=1S/C12H24N4/c1-10(6-7-15(3)4)14-11(2)12-8-13-16(5)9-12/h8-11,14H,6-7H2,1-5H3. The smallest absolute Gasteiger partial charge is 0.0537 e. The molecule has 2 unspecified atom stereocenters. The van der Waals surface area contributed by atoms with Crippen LogP contribution in [0, 0.1) is 0 Å². The highest BCUT2D eigenvalue weighted by molar-refractivity contribution is 5.09. The third-order valence-electron chi connectivity index (χ3n) is 2.77. The van der Waals surface area contributed by atoms with Gasteiger partial charge in [0.05, 0.1) is 6.20 Å². The van der Waals surface area contributed by atoms with Crippen molar-refractivity contribution in [1.82, 2.24) is 20.0 Å². The van der Waals surface area contributed by atoms with Crippen molar-refractivity contribution in [2.75, 3.05) is 20.6 Å². The first-order valence-corrected chi connectivity index (χ1v) is 5.88. The minimum atomic E-state index is 0.367. The maximum absolute atomic E-state index is 4.19. The molecule has 1 aromatic rings. The van der Waals surface area contributed by atoms with Crippen molar-refractivity contribution in [1.29, 1.82) is 0 Å². The van der Waals surface area contributed by atoms with Crippen molar-refractivity contribution >= 4 is 0 Å². The molecule has 4 nitrogen and oxygen atoms in total. The Kier molecular flexibility index (Phi) is 4.96. The summed E-state index contributed by atoms with van der Waals surface area (Å²) in [5, 5.41) is 7.77. The summed E-state index contributed by atoms with van der Waals surface area (Å²) in [7, 11) is 6.17. The van der Waals surface area contributed by atoms with Crippen molar-refractivity contribution in [2.24, 2.45) is 7.05 Å². The van der Waals surface area contributed by atoms with Gasteiger partial charge in [-0.2, -0.15) is 5.10 Å². The highest BCUT2D eigenvalue weighted by atomic mass is 15.2. The van der Waals surface area contributed by atoms with E-state index in [1.807, 2.05) is 17.9 Å². The van der Waals surface area contributed by atoms with E-state index in [1.165, 1.54) is 5.56 Å². The summed E-state index contributed by atoms with van der Waals surface area (Å²) in [6.07, 6.45) is 5.16. The zero-order valence-corrected chi connectivity index (χ0v) is 11.1. The van der Waals surface area contributed by atoms with Gasteiger partial charge in [-0.3, -0.25) is 4.68 Å². The molecule has 0 spiro atoms. The molecule has 0 radical (unpaired) electrons. The number of hydrogen-bond acceptors (Lipinski definition) is 3. The Bertz CT molecular complexity index is 306. The number of nitrogens with one attached hydrogen (secondary N) is 1. The fourth-order valence-electron chi connectivity index (χ4n) is 1.72. The van der Waals surface area contributed by atoms with Gasteiger partial charge in [0.15, 0.2) is 0 Å². The van der Waals surface area contributed by atoms with Crippen LogP contribution in [-0.2, 0) is 7.05 Å². The monoisotopic (exact) mass is 224 g/mol. The van der Waals surface area contributed by atoms with Crippen LogP contribution in [-0.4, -0.2) is 41.4 Å². The highest BCUT2D eigenvalue weighted by Gasteiger charge is 2.10. The van der Waals surface area contributed by atoms with E-state index < -0.39 is 0 Å². The summed E-state index contributed by atoms with van der Waals surface area (Å²) in [4.78, 5) is 2.22. The first-order chi connectivity index (χ1) is 7.49. The van der Waals surface area contributed by atoms with Crippen LogP contribution in [0.15, 0.2) is 12.4 Å². The predicted octanol–water partition coefficient (Wildman–Crippen LogP) is 1.41. The molecule has 92 valence electrons. The Balaban J connectivity index is 2.36. The van der Waals surface area contributed by atoms with Crippen LogP contribution in [0.4, 0.5) is 0 Å². The molecule has 1 aromatic heterocycles. The molecule has 0 fully saturated rings. The molecule has 0 amide bonds. The fourth-order valence-corrected chi connectivity index (χ4v) is 1.72. The van der Waals surface area contributed by atoms with Crippen LogP contribution < -0.4 is 5.32 Å². The van der Waals surface area contributed by atoms with Gasteiger partial charge in [0.1, 0.15) is 0 Å². The zero-order chi connectivity index (χ0) is 12.1. The topological polar surface area (TPSA) is 33.1 Å². The molecule has 0 aliphatic rings. The quantitative estimate of drug-likeness (QED) is 0.793. The molecule has 1 N–H and O–H groups in total. The first-order valence-electron chi connectivity index (χ1n) is 5.88. The van der Waals surface area contributed by atoms with Gasteiger partial charge in [0, 0.05) is 30.9 Å². The minimum absolute atomic E-state index is 0.367. The van der Waals surface area contributed by atoms with E-state index in [-0.39, 0.29) is 0 Å². The Morgan fingerprint density at radius 1 is 1.44 bits per heavy atom. The van der Waals surface area contributed by atoms with E-state index in [2.05, 4.69) is 49.5 Å². The Labute approximate surface area is 98.6 Å². The summed E-state index contributed by atoms with van der Waals surface area (Å²) >= 11 is 0. The van der Waals surface area contributed by atoms with Crippen molar-refractivity contribution < 1.29 is 0 Å². The summed E-state index contributed by atoms with van der Waals surface area (Å²) in [6, 6.07) is 0.892. The molecule has 0 aliphatic heterocycles. The van der Waals surface area contributed by atoms with Crippen LogP contribution in [0.5, 0.6) is 0 Å². The SMILES string of the molecule is CC(CCN(C)C)NC(C)c1cnn(C)c1. The molecule has 1 rings (SSSR count). The van der Waals surface area contributed by atoms with E-state index in [0.29, 0.717) is 12.1 Å². The van der Waals surface area contributed by atoms with Gasteiger partial charge in [-0.05, 0) is 40.9 Å². The maximum atomic E-state index is 4.19. The van der Waals surface area contributed by atoms with Crippen LogP contribution in [0.1, 0.15) is 31.9 Å². The lowest BCUT2D eigenvalue weighted by molar-refractivity contribution is 0.354. The average molecular weight is 224 g/mol. The van der Waals surface area contributed by atoms with Crippen LogP contribution in [0.3, 0.4) is 0 Å². The number of hydrogen-bond donors (Lipinski definition) is 1. The molecular formula is C12H24N4.